The van der Waals surface area contributed by atoms with Gasteiger partial charge in [0, 0.05) is 24.0 Å². The van der Waals surface area contributed by atoms with Gasteiger partial charge >= 0.3 is 6.03 Å². The molecule has 4 amide bonds. The topological polar surface area (TPSA) is 91.4 Å². The van der Waals surface area contributed by atoms with Crippen molar-refractivity contribution < 1.29 is 18.8 Å². The molecule has 32 heavy (non-hydrogen) atoms. The molecule has 1 saturated heterocycles. The zero-order chi connectivity index (χ0) is 22.5. The van der Waals surface area contributed by atoms with E-state index < -0.39 is 23.3 Å². The Morgan fingerprint density at radius 1 is 1.03 bits per heavy atom. The fourth-order valence-corrected chi connectivity index (χ4v) is 4.32. The highest BCUT2D eigenvalue weighted by molar-refractivity contribution is 6.08. The molecule has 2 aliphatic heterocycles. The highest BCUT2D eigenvalue weighted by Gasteiger charge is 2.50. The second-order valence-corrected chi connectivity index (χ2v) is 8.04. The van der Waals surface area contributed by atoms with Crippen LogP contribution in [0.5, 0.6) is 0 Å². The first-order valence-electron chi connectivity index (χ1n) is 10.1. The van der Waals surface area contributed by atoms with Gasteiger partial charge in [-0.1, -0.05) is 30.3 Å². The number of hydrogen-bond acceptors (Lipinski definition) is 4. The van der Waals surface area contributed by atoms with Crippen molar-refractivity contribution in [2.24, 2.45) is 0 Å². The highest BCUT2D eigenvalue weighted by atomic mass is 19.1. The molecule has 0 spiro atoms. The second-order valence-electron chi connectivity index (χ2n) is 8.04. The van der Waals surface area contributed by atoms with E-state index in [1.54, 1.807) is 24.4 Å². The molecule has 0 radical (unpaired) electrons. The molecule has 0 aliphatic carbocycles. The van der Waals surface area contributed by atoms with Crippen molar-refractivity contribution in [3.63, 3.8) is 0 Å². The molecule has 3 aromatic rings. The van der Waals surface area contributed by atoms with Gasteiger partial charge in [-0.2, -0.15) is 0 Å². The quantitative estimate of drug-likeness (QED) is 0.623. The molecule has 0 saturated carbocycles. The van der Waals surface area contributed by atoms with Crippen LogP contribution in [0.4, 0.5) is 9.18 Å². The van der Waals surface area contributed by atoms with E-state index in [1.807, 2.05) is 31.2 Å². The number of carbonyl (C=O) groups is 3. The summed E-state index contributed by atoms with van der Waals surface area (Å²) in [5.41, 5.74) is 2.84. The maximum absolute atomic E-state index is 13.6. The number of nitrogens with one attached hydrogen (secondary N) is 2. The molecule has 1 atom stereocenters. The van der Waals surface area contributed by atoms with Gasteiger partial charge in [-0.15, -0.1) is 0 Å². The number of rotatable bonds is 4. The van der Waals surface area contributed by atoms with Crippen LogP contribution < -0.4 is 10.6 Å². The molecule has 160 valence electrons. The van der Waals surface area contributed by atoms with E-state index in [9.17, 15) is 18.8 Å². The smallest absolute Gasteiger partial charge is 0.322 e. The molecule has 2 N–H and O–H groups in total. The number of nitrogens with zero attached hydrogens (tertiary/aromatic N) is 2. The van der Waals surface area contributed by atoms with E-state index in [1.165, 1.54) is 17.0 Å². The number of benzene rings is 2. The zero-order valence-electron chi connectivity index (χ0n) is 17.2. The standard InChI is InChI=1S/C24H19FN4O3/c1-14-10-16(8-9-26-14)15-2-5-18(6-3-15)24(22(31)27-23(32)28-24)13-29-12-17-4-7-19(25)11-20(17)21(29)30/h2-11H,12-13H2,1H3,(H2,27,28,31,32). The van der Waals surface area contributed by atoms with Crippen LogP contribution in [0.2, 0.25) is 0 Å². The van der Waals surface area contributed by atoms with Crippen LogP contribution in [0.25, 0.3) is 11.1 Å². The number of fused-ring (bicyclic) bond motifs is 1. The number of halogens is 1. The minimum absolute atomic E-state index is 0.0760. The Kier molecular flexibility index (Phi) is 4.51. The van der Waals surface area contributed by atoms with Gasteiger partial charge in [-0.3, -0.25) is 19.9 Å². The van der Waals surface area contributed by atoms with Crippen LogP contribution in [-0.4, -0.2) is 34.3 Å². The van der Waals surface area contributed by atoms with Gasteiger partial charge in [-0.25, -0.2) is 9.18 Å². The predicted octanol–water partition coefficient (Wildman–Crippen LogP) is 2.89. The Labute approximate surface area is 183 Å². The van der Waals surface area contributed by atoms with Crippen molar-refractivity contribution in [2.45, 2.75) is 19.0 Å². The SMILES string of the molecule is Cc1cc(-c2ccc(C3(CN4Cc5ccc(F)cc5C4=O)NC(=O)NC3=O)cc2)ccn1. The molecule has 3 heterocycles. The molecular formula is C24H19FN4O3. The third kappa shape index (κ3) is 3.20. The third-order valence-electron chi connectivity index (χ3n) is 5.93. The first-order valence-corrected chi connectivity index (χ1v) is 10.1. The minimum atomic E-state index is -1.44. The Bertz CT molecular complexity index is 1270. The fraction of sp³-hybridized carbons (Fsp3) is 0.167. The van der Waals surface area contributed by atoms with Gasteiger partial charge in [0.15, 0.2) is 5.54 Å². The normalized spacial score (nSPS) is 19.7. The van der Waals surface area contributed by atoms with Gasteiger partial charge in [0.1, 0.15) is 5.82 Å². The Hall–Kier alpha value is -4.07. The molecule has 5 rings (SSSR count). The number of hydrogen-bond donors (Lipinski definition) is 2. The minimum Gasteiger partial charge on any atom is -0.331 e. The van der Waals surface area contributed by atoms with Crippen molar-refractivity contribution >= 4 is 17.8 Å². The summed E-state index contributed by atoms with van der Waals surface area (Å²) in [6.07, 6.45) is 1.73. The monoisotopic (exact) mass is 430 g/mol. The number of carbonyl (C=O) groups excluding carboxylic acids is 3. The van der Waals surface area contributed by atoms with Crippen molar-refractivity contribution in [2.75, 3.05) is 6.54 Å². The van der Waals surface area contributed by atoms with Gasteiger partial charge in [0.2, 0.25) is 0 Å². The van der Waals surface area contributed by atoms with Gasteiger partial charge in [0.25, 0.3) is 11.8 Å². The number of amides is 4. The molecular weight excluding hydrogens is 411 g/mol. The number of urea groups is 1. The lowest BCUT2D eigenvalue weighted by Crippen LogP contribution is -2.52. The summed E-state index contributed by atoms with van der Waals surface area (Å²) in [5, 5.41) is 4.99. The molecule has 0 bridgehead atoms. The summed E-state index contributed by atoms with van der Waals surface area (Å²) in [4.78, 5) is 43.5. The average Bonchev–Trinajstić information content (AvgIpc) is 3.24. The van der Waals surface area contributed by atoms with Crippen molar-refractivity contribution in [1.29, 1.82) is 0 Å². The zero-order valence-corrected chi connectivity index (χ0v) is 17.2. The molecule has 2 aliphatic rings. The van der Waals surface area contributed by atoms with Crippen LogP contribution in [-0.2, 0) is 16.9 Å². The molecule has 2 aromatic carbocycles. The van der Waals surface area contributed by atoms with Gasteiger partial charge in [-0.05, 0) is 53.4 Å². The summed E-state index contributed by atoms with van der Waals surface area (Å²) < 4.78 is 13.6. The predicted molar refractivity (Wildman–Crippen MR) is 114 cm³/mol. The summed E-state index contributed by atoms with van der Waals surface area (Å²) in [6.45, 7) is 2.06. The van der Waals surface area contributed by atoms with Crippen LogP contribution in [0.1, 0.15) is 27.2 Å². The first-order chi connectivity index (χ1) is 15.4. The number of aromatic nitrogens is 1. The van der Waals surface area contributed by atoms with E-state index >= 15 is 0 Å². The maximum Gasteiger partial charge on any atom is 0.322 e. The van der Waals surface area contributed by atoms with E-state index in [0.29, 0.717) is 11.1 Å². The van der Waals surface area contributed by atoms with Crippen LogP contribution in [0, 0.1) is 12.7 Å². The van der Waals surface area contributed by atoms with Gasteiger partial charge in [0.05, 0.1) is 6.54 Å². The van der Waals surface area contributed by atoms with Gasteiger partial charge < -0.3 is 10.2 Å². The molecule has 1 aromatic heterocycles. The molecule has 7 nitrogen and oxygen atoms in total. The van der Waals surface area contributed by atoms with Crippen molar-refractivity contribution in [3.05, 3.63) is 89.0 Å². The summed E-state index contributed by atoms with van der Waals surface area (Å²) in [7, 11) is 0. The number of aryl methyl sites for hydroxylation is 1. The third-order valence-corrected chi connectivity index (χ3v) is 5.93. The van der Waals surface area contributed by atoms with E-state index in [-0.39, 0.29) is 24.6 Å². The summed E-state index contributed by atoms with van der Waals surface area (Å²) in [6, 6.07) is 14.5. The Morgan fingerprint density at radius 3 is 2.50 bits per heavy atom. The Morgan fingerprint density at radius 2 is 1.81 bits per heavy atom. The lowest BCUT2D eigenvalue weighted by Gasteiger charge is -2.31. The van der Waals surface area contributed by atoms with E-state index in [0.717, 1.165) is 16.8 Å². The van der Waals surface area contributed by atoms with Crippen molar-refractivity contribution in [1.82, 2.24) is 20.5 Å². The maximum atomic E-state index is 13.6. The first kappa shape index (κ1) is 19.9. The number of pyridine rings is 1. The van der Waals surface area contributed by atoms with Crippen LogP contribution in [0.15, 0.2) is 60.8 Å². The molecule has 1 unspecified atom stereocenters. The van der Waals surface area contributed by atoms with Crippen LogP contribution >= 0.6 is 0 Å². The summed E-state index contributed by atoms with van der Waals surface area (Å²) in [5.74, 6) is -1.41. The fourth-order valence-electron chi connectivity index (χ4n) is 4.32. The average molecular weight is 430 g/mol. The highest BCUT2D eigenvalue weighted by Crippen LogP contribution is 2.32. The lowest BCUT2D eigenvalue weighted by molar-refractivity contribution is -0.124. The molecule has 1 fully saturated rings. The second kappa shape index (κ2) is 7.26. The van der Waals surface area contributed by atoms with Crippen molar-refractivity contribution in [3.8, 4) is 11.1 Å². The molecule has 8 heteroatoms. The van der Waals surface area contributed by atoms with Crippen LogP contribution in [0.3, 0.4) is 0 Å². The van der Waals surface area contributed by atoms with E-state index in [4.69, 9.17) is 0 Å². The van der Waals surface area contributed by atoms with E-state index in [2.05, 4.69) is 15.6 Å². The lowest BCUT2D eigenvalue weighted by atomic mass is 9.88. The number of imide groups is 1. The Balaban J connectivity index is 1.49. The largest absolute Gasteiger partial charge is 0.331 e. The summed E-state index contributed by atoms with van der Waals surface area (Å²) >= 11 is 0.